The fourth-order valence-corrected chi connectivity index (χ4v) is 4.22. The van der Waals surface area contributed by atoms with Crippen LogP contribution in [0.4, 0.5) is 10.1 Å². The lowest BCUT2D eigenvalue weighted by molar-refractivity contribution is -0.933. The van der Waals surface area contributed by atoms with Crippen molar-refractivity contribution in [2.45, 2.75) is 25.9 Å². The number of anilines is 1. The molecule has 3 aromatic rings. The van der Waals surface area contributed by atoms with Crippen LogP contribution in [0, 0.1) is 5.82 Å². The van der Waals surface area contributed by atoms with Gasteiger partial charge in [-0.25, -0.2) is 9.07 Å². The Morgan fingerprint density at radius 1 is 1.10 bits per heavy atom. The van der Waals surface area contributed by atoms with Crippen LogP contribution in [-0.4, -0.2) is 53.5 Å². The van der Waals surface area contributed by atoms with Gasteiger partial charge in [0.25, 0.3) is 0 Å². The monoisotopic (exact) mass is 411 g/mol. The van der Waals surface area contributed by atoms with Gasteiger partial charge in [-0.1, -0.05) is 31.2 Å². The summed E-state index contributed by atoms with van der Waals surface area (Å²) in [5.74, 6) is 1.58. The summed E-state index contributed by atoms with van der Waals surface area (Å²) in [6.07, 6.45) is 0.942. The quantitative estimate of drug-likeness (QED) is 0.642. The Balaban J connectivity index is 1.45. The number of nitrogens with one attached hydrogen (secondary N) is 1. The average molecular weight is 412 g/mol. The molecule has 1 atom stereocenters. The Hall–Kier alpha value is -3.00. The van der Waals surface area contributed by atoms with Gasteiger partial charge in [-0.3, -0.25) is 0 Å². The molecule has 1 aliphatic heterocycles. The number of rotatable bonds is 7. The predicted octanol–water partition coefficient (Wildman–Crippen LogP) is 1.73. The molecule has 1 aromatic heterocycles. The number of benzene rings is 2. The van der Waals surface area contributed by atoms with E-state index < -0.39 is 0 Å². The Morgan fingerprint density at radius 2 is 1.83 bits per heavy atom. The molecular weight excluding hydrogens is 383 g/mol. The molecule has 158 valence electrons. The molecule has 8 heteroatoms. The van der Waals surface area contributed by atoms with Gasteiger partial charge in [0, 0.05) is 6.42 Å². The number of methoxy groups -OCH3 is 1. The van der Waals surface area contributed by atoms with Crippen LogP contribution in [0.15, 0.2) is 48.5 Å². The van der Waals surface area contributed by atoms with Crippen LogP contribution < -0.4 is 14.5 Å². The van der Waals surface area contributed by atoms with E-state index in [2.05, 4.69) is 27.3 Å². The van der Waals surface area contributed by atoms with Crippen LogP contribution in [0.3, 0.4) is 0 Å². The van der Waals surface area contributed by atoms with Gasteiger partial charge in [-0.05, 0) is 40.3 Å². The van der Waals surface area contributed by atoms with Gasteiger partial charge in [0.2, 0.25) is 5.82 Å². The standard InChI is InChI=1S/C22H27FN6O/c1-3-20(27-12-14-28(15-13-27)21-7-5-4-6-19(21)23)22-24-25-26-29(22)16-17-8-10-18(30-2)11-9-17/h4-11,20H,3,12-16H2,1-2H3/p+1/t20-/m1/s1. The predicted molar refractivity (Wildman–Crippen MR) is 112 cm³/mol. The first-order chi connectivity index (χ1) is 14.7. The lowest BCUT2D eigenvalue weighted by Crippen LogP contribution is -3.15. The summed E-state index contributed by atoms with van der Waals surface area (Å²) in [7, 11) is 1.66. The molecule has 1 saturated heterocycles. The first kappa shape index (κ1) is 20.3. The minimum atomic E-state index is -0.156. The molecule has 0 bridgehead atoms. The second-order valence-corrected chi connectivity index (χ2v) is 7.60. The minimum Gasteiger partial charge on any atom is -0.497 e. The molecule has 30 heavy (non-hydrogen) atoms. The fraction of sp³-hybridized carbons (Fsp3) is 0.409. The van der Waals surface area contributed by atoms with Crippen LogP contribution >= 0.6 is 0 Å². The summed E-state index contributed by atoms with van der Waals surface area (Å²) in [4.78, 5) is 3.57. The smallest absolute Gasteiger partial charge is 0.209 e. The molecule has 0 radical (unpaired) electrons. The zero-order chi connectivity index (χ0) is 20.9. The van der Waals surface area contributed by atoms with E-state index in [0.717, 1.165) is 49.7 Å². The lowest BCUT2D eigenvalue weighted by atomic mass is 10.1. The maximum atomic E-state index is 14.1. The summed E-state index contributed by atoms with van der Waals surface area (Å²) >= 11 is 0. The maximum absolute atomic E-state index is 14.1. The van der Waals surface area contributed by atoms with Gasteiger partial charge in [-0.2, -0.15) is 0 Å². The third-order valence-corrected chi connectivity index (χ3v) is 5.86. The lowest BCUT2D eigenvalue weighted by Gasteiger charge is -2.37. The van der Waals surface area contributed by atoms with Gasteiger partial charge in [0.1, 0.15) is 17.6 Å². The van der Waals surface area contributed by atoms with Crippen LogP contribution in [0.2, 0.25) is 0 Å². The molecule has 2 aromatic carbocycles. The normalized spacial score (nSPS) is 15.9. The first-order valence-electron chi connectivity index (χ1n) is 10.4. The largest absolute Gasteiger partial charge is 0.497 e. The van der Waals surface area contributed by atoms with Crippen LogP contribution in [0.25, 0.3) is 0 Å². The Morgan fingerprint density at radius 3 is 2.50 bits per heavy atom. The zero-order valence-corrected chi connectivity index (χ0v) is 17.5. The molecule has 1 fully saturated rings. The van der Waals surface area contributed by atoms with Gasteiger partial charge < -0.3 is 14.5 Å². The molecular formula is C22H28FN6O+. The SMILES string of the molecule is CC[C@H](c1nnnn1Cc1ccc(OC)cc1)[NH+]1CCN(c2ccccc2F)CC1. The molecule has 0 amide bonds. The van der Waals surface area contributed by atoms with Crippen LogP contribution in [-0.2, 0) is 6.54 Å². The molecule has 4 rings (SSSR count). The van der Waals surface area contributed by atoms with E-state index in [1.165, 1.54) is 11.0 Å². The first-order valence-corrected chi connectivity index (χ1v) is 10.4. The molecule has 2 heterocycles. The van der Waals surface area contributed by atoms with E-state index in [4.69, 9.17) is 4.74 Å². The Labute approximate surface area is 176 Å². The molecule has 0 spiro atoms. The van der Waals surface area contributed by atoms with Crippen molar-refractivity contribution in [3.8, 4) is 5.75 Å². The summed E-state index contributed by atoms with van der Waals surface area (Å²) in [5, 5.41) is 12.6. The van der Waals surface area contributed by atoms with E-state index in [1.807, 2.05) is 41.1 Å². The van der Waals surface area contributed by atoms with Gasteiger partial charge in [0.15, 0.2) is 0 Å². The van der Waals surface area contributed by atoms with Crippen molar-refractivity contribution in [3.63, 3.8) is 0 Å². The van der Waals surface area contributed by atoms with Crippen LogP contribution in [0.1, 0.15) is 30.8 Å². The number of nitrogens with zero attached hydrogens (tertiary/aromatic N) is 5. The van der Waals surface area contributed by atoms with Crippen molar-refractivity contribution in [1.29, 1.82) is 0 Å². The highest BCUT2D eigenvalue weighted by Crippen LogP contribution is 2.19. The van der Waals surface area contributed by atoms with Gasteiger partial charge in [0.05, 0.1) is 45.5 Å². The second kappa shape index (κ2) is 9.21. The summed E-state index contributed by atoms with van der Waals surface area (Å²) in [6, 6.07) is 15.2. The van der Waals surface area contributed by atoms with Crippen molar-refractivity contribution < 1.29 is 14.0 Å². The van der Waals surface area contributed by atoms with Crippen molar-refractivity contribution in [2.75, 3.05) is 38.2 Å². The van der Waals surface area contributed by atoms with Crippen molar-refractivity contribution in [1.82, 2.24) is 20.2 Å². The second-order valence-electron chi connectivity index (χ2n) is 7.60. The third-order valence-electron chi connectivity index (χ3n) is 5.86. The van der Waals surface area contributed by atoms with Crippen molar-refractivity contribution in [3.05, 3.63) is 65.7 Å². The number of halogens is 1. The molecule has 7 nitrogen and oxygen atoms in total. The average Bonchev–Trinajstić information content (AvgIpc) is 3.23. The third kappa shape index (κ3) is 4.28. The molecule has 1 N–H and O–H groups in total. The number of hydrogen-bond acceptors (Lipinski definition) is 5. The highest BCUT2D eigenvalue weighted by Gasteiger charge is 2.32. The minimum absolute atomic E-state index is 0.156. The van der Waals surface area contributed by atoms with Crippen LogP contribution in [0.5, 0.6) is 5.75 Å². The number of tetrazole rings is 1. The highest BCUT2D eigenvalue weighted by atomic mass is 19.1. The van der Waals surface area contributed by atoms with E-state index in [-0.39, 0.29) is 11.9 Å². The summed E-state index contributed by atoms with van der Waals surface area (Å²) in [6.45, 7) is 6.26. The number of ether oxygens (including phenoxy) is 1. The molecule has 0 unspecified atom stereocenters. The molecule has 0 saturated carbocycles. The van der Waals surface area contributed by atoms with E-state index in [0.29, 0.717) is 12.2 Å². The number of piperazine rings is 1. The Kier molecular flexibility index (Phi) is 6.23. The zero-order valence-electron chi connectivity index (χ0n) is 17.5. The van der Waals surface area contributed by atoms with Gasteiger partial charge >= 0.3 is 0 Å². The number of hydrogen-bond donors (Lipinski definition) is 1. The number of aromatic nitrogens is 4. The molecule has 1 aliphatic rings. The van der Waals surface area contributed by atoms with Crippen molar-refractivity contribution >= 4 is 5.69 Å². The highest BCUT2D eigenvalue weighted by molar-refractivity contribution is 5.47. The van der Waals surface area contributed by atoms with E-state index in [9.17, 15) is 4.39 Å². The topological polar surface area (TPSA) is 60.5 Å². The maximum Gasteiger partial charge on any atom is 0.209 e. The number of quaternary nitrogens is 1. The fourth-order valence-electron chi connectivity index (χ4n) is 4.22. The van der Waals surface area contributed by atoms with E-state index in [1.54, 1.807) is 13.2 Å². The van der Waals surface area contributed by atoms with Crippen molar-refractivity contribution in [2.24, 2.45) is 0 Å². The number of para-hydroxylation sites is 1. The summed E-state index contributed by atoms with van der Waals surface area (Å²) in [5.41, 5.74) is 1.81. The summed E-state index contributed by atoms with van der Waals surface area (Å²) < 4.78 is 21.3. The van der Waals surface area contributed by atoms with E-state index >= 15 is 0 Å². The van der Waals surface area contributed by atoms with Gasteiger partial charge in [-0.15, -0.1) is 5.10 Å². The molecule has 0 aliphatic carbocycles. The Bertz CT molecular complexity index is 952.